The minimum absolute atomic E-state index is 0.157. The number of nitrogens with zero attached hydrogens (tertiary/aromatic N) is 4. The fourth-order valence-electron chi connectivity index (χ4n) is 3.49. The van der Waals surface area contributed by atoms with Gasteiger partial charge in [0.05, 0.1) is 30.7 Å². The lowest BCUT2D eigenvalue weighted by Crippen LogP contribution is -2.53. The number of aryl methyl sites for hydroxylation is 2. The van der Waals surface area contributed by atoms with Crippen LogP contribution in [0, 0.1) is 13.8 Å². The monoisotopic (exact) mass is 364 g/mol. The Morgan fingerprint density at radius 2 is 1.96 bits per heavy atom. The van der Waals surface area contributed by atoms with Crippen LogP contribution in [0.3, 0.4) is 0 Å². The van der Waals surface area contributed by atoms with E-state index in [9.17, 15) is 0 Å². The first kappa shape index (κ1) is 17.7. The van der Waals surface area contributed by atoms with Crippen LogP contribution in [0.25, 0.3) is 22.4 Å². The van der Waals surface area contributed by atoms with Crippen LogP contribution in [-0.2, 0) is 4.74 Å². The number of hydrogen-bond acceptors (Lipinski definition) is 6. The van der Waals surface area contributed by atoms with Crippen LogP contribution in [0.15, 0.2) is 41.3 Å². The van der Waals surface area contributed by atoms with Gasteiger partial charge in [-0.05, 0) is 51.5 Å². The highest BCUT2D eigenvalue weighted by Crippen LogP contribution is 2.35. The van der Waals surface area contributed by atoms with E-state index in [1.165, 1.54) is 0 Å². The third kappa shape index (κ3) is 3.32. The SMILES string of the molecule is Cc1cc(-c2cnc(N3CCOCC3(C)C)nc2-c2ccoc2C)ccn1. The Morgan fingerprint density at radius 3 is 2.67 bits per heavy atom. The van der Waals surface area contributed by atoms with Crippen molar-refractivity contribution in [2.75, 3.05) is 24.7 Å². The van der Waals surface area contributed by atoms with Gasteiger partial charge < -0.3 is 14.1 Å². The van der Waals surface area contributed by atoms with Crippen LogP contribution in [0.5, 0.6) is 0 Å². The summed E-state index contributed by atoms with van der Waals surface area (Å²) in [6, 6.07) is 6.00. The van der Waals surface area contributed by atoms with Crippen LogP contribution >= 0.6 is 0 Å². The summed E-state index contributed by atoms with van der Waals surface area (Å²) in [5.41, 5.74) is 4.68. The van der Waals surface area contributed by atoms with Crippen molar-refractivity contribution in [1.29, 1.82) is 0 Å². The Balaban J connectivity index is 1.87. The van der Waals surface area contributed by atoms with Gasteiger partial charge >= 0.3 is 0 Å². The van der Waals surface area contributed by atoms with Gasteiger partial charge in [-0.15, -0.1) is 0 Å². The van der Waals surface area contributed by atoms with Crippen molar-refractivity contribution in [2.24, 2.45) is 0 Å². The van der Waals surface area contributed by atoms with E-state index < -0.39 is 0 Å². The molecular weight excluding hydrogens is 340 g/mol. The normalized spacial score (nSPS) is 16.5. The summed E-state index contributed by atoms with van der Waals surface area (Å²) >= 11 is 0. The molecule has 1 aliphatic heterocycles. The van der Waals surface area contributed by atoms with Gasteiger partial charge in [-0.1, -0.05) is 0 Å². The number of ether oxygens (including phenoxy) is 1. The molecule has 0 bridgehead atoms. The van der Waals surface area contributed by atoms with Crippen LogP contribution in [0.2, 0.25) is 0 Å². The number of furan rings is 1. The molecule has 4 heterocycles. The van der Waals surface area contributed by atoms with Gasteiger partial charge in [0.25, 0.3) is 0 Å². The summed E-state index contributed by atoms with van der Waals surface area (Å²) in [6.45, 7) is 10.3. The molecule has 4 rings (SSSR count). The standard InChI is InChI=1S/C21H24N4O2/c1-14-11-16(5-7-22-14)18-12-23-20(25-8-10-26-13-21(25,3)4)24-19(18)17-6-9-27-15(17)2/h5-7,9,11-12H,8,10,13H2,1-4H3. The third-order valence-corrected chi connectivity index (χ3v) is 4.98. The molecule has 0 N–H and O–H groups in total. The number of hydrogen-bond donors (Lipinski definition) is 0. The Morgan fingerprint density at radius 1 is 1.11 bits per heavy atom. The number of rotatable bonds is 3. The maximum Gasteiger partial charge on any atom is 0.226 e. The Hall–Kier alpha value is -2.73. The highest BCUT2D eigenvalue weighted by Gasteiger charge is 2.33. The molecule has 0 aliphatic carbocycles. The van der Waals surface area contributed by atoms with Gasteiger partial charge in [0.15, 0.2) is 0 Å². The molecule has 0 unspecified atom stereocenters. The predicted octanol–water partition coefficient (Wildman–Crippen LogP) is 4.03. The molecule has 140 valence electrons. The summed E-state index contributed by atoms with van der Waals surface area (Å²) < 4.78 is 11.2. The summed E-state index contributed by atoms with van der Waals surface area (Å²) in [4.78, 5) is 16.2. The molecule has 6 nitrogen and oxygen atoms in total. The topological polar surface area (TPSA) is 64.3 Å². The van der Waals surface area contributed by atoms with Crippen molar-refractivity contribution in [3.05, 3.63) is 48.3 Å². The van der Waals surface area contributed by atoms with Gasteiger partial charge in [-0.25, -0.2) is 9.97 Å². The smallest absolute Gasteiger partial charge is 0.226 e. The fraction of sp³-hybridized carbons (Fsp3) is 0.381. The zero-order valence-corrected chi connectivity index (χ0v) is 16.2. The lowest BCUT2D eigenvalue weighted by molar-refractivity contribution is 0.0634. The van der Waals surface area contributed by atoms with E-state index in [2.05, 4.69) is 29.8 Å². The molecular formula is C21H24N4O2. The number of aromatic nitrogens is 3. The van der Waals surface area contributed by atoms with E-state index in [1.54, 1.807) is 6.26 Å². The molecule has 3 aromatic heterocycles. The third-order valence-electron chi connectivity index (χ3n) is 4.98. The first-order valence-corrected chi connectivity index (χ1v) is 9.16. The number of morpholine rings is 1. The van der Waals surface area contributed by atoms with E-state index >= 15 is 0 Å². The van der Waals surface area contributed by atoms with Crippen molar-refractivity contribution in [2.45, 2.75) is 33.2 Å². The Bertz CT molecular complexity index is 964. The first-order chi connectivity index (χ1) is 13.0. The van der Waals surface area contributed by atoms with Crippen molar-refractivity contribution < 1.29 is 9.15 Å². The number of pyridine rings is 1. The molecule has 27 heavy (non-hydrogen) atoms. The molecule has 0 amide bonds. The Labute approximate surface area is 159 Å². The average molecular weight is 364 g/mol. The lowest BCUT2D eigenvalue weighted by atomic mass is 10.0. The van der Waals surface area contributed by atoms with E-state index in [4.69, 9.17) is 19.1 Å². The molecule has 1 saturated heterocycles. The maximum atomic E-state index is 5.65. The second kappa shape index (κ2) is 6.78. The fourth-order valence-corrected chi connectivity index (χ4v) is 3.49. The Kier molecular flexibility index (Phi) is 4.44. The zero-order chi connectivity index (χ0) is 19.0. The van der Waals surface area contributed by atoms with Crippen molar-refractivity contribution in [1.82, 2.24) is 15.0 Å². The van der Waals surface area contributed by atoms with Crippen LogP contribution in [-0.4, -0.2) is 40.2 Å². The molecule has 0 saturated carbocycles. The molecule has 3 aromatic rings. The molecule has 1 fully saturated rings. The second-order valence-corrected chi connectivity index (χ2v) is 7.53. The van der Waals surface area contributed by atoms with E-state index in [-0.39, 0.29) is 5.54 Å². The van der Waals surface area contributed by atoms with Gasteiger partial charge in [0, 0.05) is 35.8 Å². The van der Waals surface area contributed by atoms with Crippen LogP contribution in [0.4, 0.5) is 5.95 Å². The van der Waals surface area contributed by atoms with Gasteiger partial charge in [0.1, 0.15) is 5.76 Å². The molecule has 0 spiro atoms. The summed E-state index contributed by atoms with van der Waals surface area (Å²) in [6.07, 6.45) is 5.42. The average Bonchev–Trinajstić information content (AvgIpc) is 3.07. The van der Waals surface area contributed by atoms with Crippen LogP contribution in [0.1, 0.15) is 25.3 Å². The highest BCUT2D eigenvalue weighted by molar-refractivity contribution is 5.81. The number of anilines is 1. The maximum absolute atomic E-state index is 5.65. The molecule has 6 heteroatoms. The highest BCUT2D eigenvalue weighted by atomic mass is 16.5. The summed E-state index contributed by atoms with van der Waals surface area (Å²) in [5, 5.41) is 0. The van der Waals surface area contributed by atoms with Gasteiger partial charge in [0.2, 0.25) is 5.95 Å². The molecule has 0 radical (unpaired) electrons. The summed E-state index contributed by atoms with van der Waals surface area (Å²) in [5.74, 6) is 1.56. The van der Waals surface area contributed by atoms with Crippen molar-refractivity contribution in [3.8, 4) is 22.4 Å². The largest absolute Gasteiger partial charge is 0.469 e. The minimum atomic E-state index is -0.157. The van der Waals surface area contributed by atoms with E-state index in [1.807, 2.05) is 38.4 Å². The summed E-state index contributed by atoms with van der Waals surface area (Å²) in [7, 11) is 0. The zero-order valence-electron chi connectivity index (χ0n) is 16.2. The molecule has 1 aliphatic rings. The van der Waals surface area contributed by atoms with E-state index in [0.29, 0.717) is 19.2 Å². The van der Waals surface area contributed by atoms with E-state index in [0.717, 1.165) is 40.4 Å². The van der Waals surface area contributed by atoms with Gasteiger partial charge in [-0.3, -0.25) is 4.98 Å². The minimum Gasteiger partial charge on any atom is -0.469 e. The second-order valence-electron chi connectivity index (χ2n) is 7.53. The molecule has 0 aromatic carbocycles. The quantitative estimate of drug-likeness (QED) is 0.699. The van der Waals surface area contributed by atoms with Crippen LogP contribution < -0.4 is 4.90 Å². The first-order valence-electron chi connectivity index (χ1n) is 9.16. The van der Waals surface area contributed by atoms with Crippen molar-refractivity contribution in [3.63, 3.8) is 0 Å². The lowest BCUT2D eigenvalue weighted by Gasteiger charge is -2.42. The van der Waals surface area contributed by atoms with Gasteiger partial charge in [-0.2, -0.15) is 0 Å². The predicted molar refractivity (Wildman–Crippen MR) is 105 cm³/mol. The molecule has 0 atom stereocenters. The van der Waals surface area contributed by atoms with Crippen molar-refractivity contribution >= 4 is 5.95 Å².